The standard InChI is InChI=1S/C17H10F4N4O3/c1-25-7-22-11-4-8(2-3-13(11)25)15(26)28-24-16-23-12-6-10(18)9(17(19,20)21)5-14(12)27-16/h2-7H,1H3,(H,23,24). The van der Waals surface area contributed by atoms with Crippen LogP contribution in [0.1, 0.15) is 15.9 Å². The molecule has 2 aromatic carbocycles. The highest BCUT2D eigenvalue weighted by Crippen LogP contribution is 2.34. The zero-order valence-electron chi connectivity index (χ0n) is 14.0. The van der Waals surface area contributed by atoms with Gasteiger partial charge in [-0.15, -0.1) is 0 Å². The number of nitrogens with zero attached hydrogens (tertiary/aromatic N) is 3. The molecule has 2 aromatic heterocycles. The van der Waals surface area contributed by atoms with Crippen molar-refractivity contribution in [1.82, 2.24) is 14.5 Å². The zero-order chi connectivity index (χ0) is 20.1. The van der Waals surface area contributed by atoms with E-state index in [1.165, 1.54) is 12.1 Å². The van der Waals surface area contributed by atoms with Gasteiger partial charge in [-0.3, -0.25) is 0 Å². The number of hydrogen-bond acceptors (Lipinski definition) is 6. The Bertz CT molecular complexity index is 1210. The molecule has 0 aliphatic heterocycles. The summed E-state index contributed by atoms with van der Waals surface area (Å²) >= 11 is 0. The summed E-state index contributed by atoms with van der Waals surface area (Å²) in [6.07, 6.45) is -3.29. The lowest BCUT2D eigenvalue weighted by Gasteiger charge is -2.06. The molecule has 0 radical (unpaired) electrons. The molecule has 144 valence electrons. The van der Waals surface area contributed by atoms with Crippen molar-refractivity contribution in [2.24, 2.45) is 7.05 Å². The van der Waals surface area contributed by atoms with Gasteiger partial charge in [0.25, 0.3) is 0 Å². The van der Waals surface area contributed by atoms with Crippen molar-refractivity contribution in [3.05, 3.63) is 53.6 Å². The number of nitrogens with one attached hydrogen (secondary N) is 1. The van der Waals surface area contributed by atoms with Crippen molar-refractivity contribution in [3.63, 3.8) is 0 Å². The molecular weight excluding hydrogens is 384 g/mol. The first-order valence-electron chi connectivity index (χ1n) is 7.78. The fourth-order valence-electron chi connectivity index (χ4n) is 2.62. The molecule has 4 rings (SSSR count). The van der Waals surface area contributed by atoms with Gasteiger partial charge < -0.3 is 13.8 Å². The normalized spacial score (nSPS) is 11.9. The Morgan fingerprint density at radius 1 is 1.21 bits per heavy atom. The van der Waals surface area contributed by atoms with Crippen LogP contribution in [-0.2, 0) is 18.1 Å². The molecule has 2 heterocycles. The van der Waals surface area contributed by atoms with Gasteiger partial charge in [0.1, 0.15) is 11.3 Å². The molecule has 1 N–H and O–H groups in total. The highest BCUT2D eigenvalue weighted by Gasteiger charge is 2.35. The van der Waals surface area contributed by atoms with Crippen LogP contribution in [0.2, 0.25) is 0 Å². The van der Waals surface area contributed by atoms with Crippen LogP contribution < -0.4 is 5.48 Å². The summed E-state index contributed by atoms with van der Waals surface area (Å²) in [5, 5.41) is 0. The van der Waals surface area contributed by atoms with Crippen molar-refractivity contribution in [2.75, 3.05) is 5.48 Å². The molecule has 0 fully saturated rings. The van der Waals surface area contributed by atoms with Crippen LogP contribution in [0, 0.1) is 5.82 Å². The Labute approximate surface area is 153 Å². The lowest BCUT2D eigenvalue weighted by atomic mass is 10.2. The Morgan fingerprint density at radius 2 is 2.00 bits per heavy atom. The van der Waals surface area contributed by atoms with E-state index in [1.54, 1.807) is 24.0 Å². The van der Waals surface area contributed by atoms with Crippen molar-refractivity contribution in [2.45, 2.75) is 6.18 Å². The molecule has 0 unspecified atom stereocenters. The third-order valence-corrected chi connectivity index (χ3v) is 3.97. The second-order valence-electron chi connectivity index (χ2n) is 5.87. The predicted octanol–water partition coefficient (Wildman–Crippen LogP) is 4.06. The van der Waals surface area contributed by atoms with E-state index in [2.05, 4.69) is 15.4 Å². The smallest absolute Gasteiger partial charge is 0.419 e. The van der Waals surface area contributed by atoms with E-state index in [4.69, 9.17) is 9.25 Å². The summed E-state index contributed by atoms with van der Waals surface area (Å²) in [6, 6.07) is 5.38. The summed E-state index contributed by atoms with van der Waals surface area (Å²) in [5.41, 5.74) is 1.71. The number of halogens is 4. The minimum Gasteiger partial charge on any atom is -0.421 e. The number of carbonyl (C=O) groups excluding carboxylic acids is 1. The lowest BCUT2D eigenvalue weighted by Crippen LogP contribution is -2.10. The van der Waals surface area contributed by atoms with Crippen molar-refractivity contribution in [1.29, 1.82) is 0 Å². The summed E-state index contributed by atoms with van der Waals surface area (Å²) in [4.78, 5) is 24.8. The molecular formula is C17H10F4N4O3. The molecule has 4 aromatic rings. The zero-order valence-corrected chi connectivity index (χ0v) is 14.0. The fourth-order valence-corrected chi connectivity index (χ4v) is 2.62. The van der Waals surface area contributed by atoms with Gasteiger partial charge in [0.15, 0.2) is 5.58 Å². The number of aromatic nitrogens is 3. The maximum atomic E-state index is 13.6. The molecule has 0 bridgehead atoms. The summed E-state index contributed by atoms with van der Waals surface area (Å²) in [6.45, 7) is 0. The van der Waals surface area contributed by atoms with Gasteiger partial charge in [-0.1, -0.05) is 0 Å². The quantitative estimate of drug-likeness (QED) is 0.417. The summed E-state index contributed by atoms with van der Waals surface area (Å²) in [5.74, 6) is -2.28. The second kappa shape index (κ2) is 6.22. The molecule has 0 saturated heterocycles. The third-order valence-electron chi connectivity index (χ3n) is 3.97. The first-order chi connectivity index (χ1) is 13.2. The van der Waals surface area contributed by atoms with Crippen LogP contribution in [0.15, 0.2) is 41.1 Å². The number of oxazole rings is 1. The number of carbonyl (C=O) groups is 1. The number of imidazole rings is 1. The van der Waals surface area contributed by atoms with Gasteiger partial charge in [-0.05, 0) is 24.3 Å². The van der Waals surface area contributed by atoms with Crippen LogP contribution >= 0.6 is 0 Å². The molecule has 7 nitrogen and oxygen atoms in total. The van der Waals surface area contributed by atoms with Gasteiger partial charge in [0.2, 0.25) is 0 Å². The third kappa shape index (κ3) is 3.10. The number of fused-ring (bicyclic) bond motifs is 2. The summed E-state index contributed by atoms with van der Waals surface area (Å²) in [7, 11) is 1.80. The monoisotopic (exact) mass is 394 g/mol. The van der Waals surface area contributed by atoms with Crippen LogP contribution in [0.3, 0.4) is 0 Å². The van der Waals surface area contributed by atoms with Crippen LogP contribution in [0.5, 0.6) is 0 Å². The number of benzene rings is 2. The first kappa shape index (κ1) is 17.8. The van der Waals surface area contributed by atoms with Crippen molar-refractivity contribution >= 4 is 34.1 Å². The van der Waals surface area contributed by atoms with Gasteiger partial charge >= 0.3 is 18.2 Å². The summed E-state index contributed by atoms with van der Waals surface area (Å²) < 4.78 is 58.6. The Morgan fingerprint density at radius 3 is 2.75 bits per heavy atom. The van der Waals surface area contributed by atoms with E-state index in [1.807, 2.05) is 0 Å². The van der Waals surface area contributed by atoms with E-state index in [0.717, 1.165) is 5.52 Å². The van der Waals surface area contributed by atoms with E-state index < -0.39 is 29.5 Å². The molecule has 28 heavy (non-hydrogen) atoms. The number of alkyl halides is 3. The van der Waals surface area contributed by atoms with Crippen LogP contribution in [0.4, 0.5) is 23.6 Å². The molecule has 0 aliphatic carbocycles. The fraction of sp³-hybridized carbons (Fsp3) is 0.118. The number of hydrogen-bond donors (Lipinski definition) is 1. The lowest BCUT2D eigenvalue weighted by molar-refractivity contribution is -0.139. The minimum absolute atomic E-state index is 0.168. The molecule has 0 saturated carbocycles. The molecule has 0 aliphatic rings. The first-order valence-corrected chi connectivity index (χ1v) is 7.78. The maximum Gasteiger partial charge on any atom is 0.419 e. The second-order valence-corrected chi connectivity index (χ2v) is 5.87. The largest absolute Gasteiger partial charge is 0.421 e. The van der Waals surface area contributed by atoms with Gasteiger partial charge in [-0.2, -0.15) is 23.6 Å². The Balaban J connectivity index is 1.53. The molecule has 0 amide bonds. The molecule has 0 spiro atoms. The van der Waals surface area contributed by atoms with Crippen LogP contribution in [0.25, 0.3) is 22.1 Å². The Hall–Kier alpha value is -3.63. The predicted molar refractivity (Wildman–Crippen MR) is 88.7 cm³/mol. The average Bonchev–Trinajstić information content (AvgIpc) is 3.20. The molecule has 11 heteroatoms. The molecule has 0 atom stereocenters. The topological polar surface area (TPSA) is 82.2 Å². The van der Waals surface area contributed by atoms with E-state index in [-0.39, 0.29) is 16.7 Å². The maximum absolute atomic E-state index is 13.6. The van der Waals surface area contributed by atoms with Crippen molar-refractivity contribution < 1.29 is 31.6 Å². The highest BCUT2D eigenvalue weighted by atomic mass is 19.4. The van der Waals surface area contributed by atoms with Gasteiger partial charge in [-0.25, -0.2) is 14.2 Å². The number of anilines is 1. The van der Waals surface area contributed by atoms with E-state index in [0.29, 0.717) is 17.6 Å². The number of rotatable bonds is 3. The van der Waals surface area contributed by atoms with Gasteiger partial charge in [0.05, 0.1) is 28.5 Å². The van der Waals surface area contributed by atoms with Crippen LogP contribution in [-0.4, -0.2) is 20.5 Å². The van der Waals surface area contributed by atoms with E-state index >= 15 is 0 Å². The van der Waals surface area contributed by atoms with E-state index in [9.17, 15) is 22.4 Å². The Kier molecular flexibility index (Phi) is 3.95. The van der Waals surface area contributed by atoms with Crippen molar-refractivity contribution in [3.8, 4) is 0 Å². The minimum atomic E-state index is -4.88. The highest BCUT2D eigenvalue weighted by molar-refractivity contribution is 5.94. The van der Waals surface area contributed by atoms with Gasteiger partial charge in [0, 0.05) is 13.1 Å². The SMILES string of the molecule is Cn1cnc2cc(C(=O)ONc3nc4cc(F)c(C(F)(F)F)cc4o3)ccc21. The number of aryl methyl sites for hydroxylation is 1. The average molecular weight is 394 g/mol.